The van der Waals surface area contributed by atoms with E-state index in [2.05, 4.69) is 11.9 Å². The largest absolute Gasteiger partial charge is 0.493 e. The summed E-state index contributed by atoms with van der Waals surface area (Å²) in [6, 6.07) is 5.35. The highest BCUT2D eigenvalue weighted by Gasteiger charge is 2.25. The fourth-order valence-electron chi connectivity index (χ4n) is 3.01. The van der Waals surface area contributed by atoms with Gasteiger partial charge in [0.2, 0.25) is 0 Å². The van der Waals surface area contributed by atoms with Crippen molar-refractivity contribution in [2.24, 2.45) is 11.7 Å². The van der Waals surface area contributed by atoms with E-state index >= 15 is 0 Å². The van der Waals surface area contributed by atoms with Gasteiger partial charge in [-0.15, -0.1) is 12.4 Å². The van der Waals surface area contributed by atoms with E-state index < -0.39 is 0 Å². The van der Waals surface area contributed by atoms with Crippen LogP contribution in [0.1, 0.15) is 36.0 Å². The quantitative estimate of drug-likeness (QED) is 0.738. The molecule has 1 fully saturated rings. The number of methoxy groups -OCH3 is 1. The van der Waals surface area contributed by atoms with Crippen molar-refractivity contribution in [3.63, 3.8) is 0 Å². The molecule has 0 bridgehead atoms. The standard InChI is InChI=1S/C18H26N2O3.ClH/c1-3-10-23-16-9-8-13(11-17(16)22-2)18(21)20-15-7-5-4-6-14(15)12-19;/h3,8-9,11,14-15H,1,4-7,10,12,19H2,2H3,(H,20,21);1H. The lowest BCUT2D eigenvalue weighted by atomic mass is 9.84. The highest BCUT2D eigenvalue weighted by Crippen LogP contribution is 2.29. The molecule has 2 rings (SSSR count). The van der Waals surface area contributed by atoms with Gasteiger partial charge in [0.05, 0.1) is 7.11 Å². The van der Waals surface area contributed by atoms with Crippen molar-refractivity contribution in [3.05, 3.63) is 36.4 Å². The maximum Gasteiger partial charge on any atom is 0.251 e. The monoisotopic (exact) mass is 354 g/mol. The second-order valence-electron chi connectivity index (χ2n) is 5.83. The Bertz CT molecular complexity index is 551. The minimum atomic E-state index is -0.0936. The van der Waals surface area contributed by atoms with Crippen LogP contribution in [0.4, 0.5) is 0 Å². The van der Waals surface area contributed by atoms with Crippen molar-refractivity contribution in [1.82, 2.24) is 5.32 Å². The van der Waals surface area contributed by atoms with Gasteiger partial charge in [0.1, 0.15) is 6.61 Å². The van der Waals surface area contributed by atoms with Crippen LogP contribution >= 0.6 is 12.4 Å². The Hall–Kier alpha value is -1.72. The van der Waals surface area contributed by atoms with E-state index in [1.165, 1.54) is 6.42 Å². The zero-order valence-electron chi connectivity index (χ0n) is 14.1. The molecule has 1 amide bonds. The van der Waals surface area contributed by atoms with Crippen LogP contribution in [0.25, 0.3) is 0 Å². The number of benzene rings is 1. The summed E-state index contributed by atoms with van der Waals surface area (Å²) in [5, 5.41) is 3.12. The molecule has 0 aliphatic heterocycles. The molecule has 0 spiro atoms. The second kappa shape index (κ2) is 10.2. The first kappa shape index (κ1) is 20.3. The van der Waals surface area contributed by atoms with Crippen molar-refractivity contribution < 1.29 is 14.3 Å². The van der Waals surface area contributed by atoms with Crippen LogP contribution in [-0.4, -0.2) is 32.2 Å². The van der Waals surface area contributed by atoms with Gasteiger partial charge in [-0.1, -0.05) is 25.5 Å². The van der Waals surface area contributed by atoms with Gasteiger partial charge in [0.25, 0.3) is 5.91 Å². The average Bonchev–Trinajstić information content (AvgIpc) is 2.60. The maximum absolute atomic E-state index is 12.5. The molecule has 134 valence electrons. The highest BCUT2D eigenvalue weighted by atomic mass is 35.5. The summed E-state index contributed by atoms with van der Waals surface area (Å²) in [5.41, 5.74) is 6.39. The summed E-state index contributed by atoms with van der Waals surface area (Å²) in [5.74, 6) is 1.41. The second-order valence-corrected chi connectivity index (χ2v) is 5.83. The molecule has 0 heterocycles. The molecular formula is C18H27ClN2O3. The third kappa shape index (κ3) is 5.14. The van der Waals surface area contributed by atoms with Crippen LogP contribution in [-0.2, 0) is 0 Å². The van der Waals surface area contributed by atoms with Gasteiger partial charge in [-0.3, -0.25) is 4.79 Å². The normalized spacial score (nSPS) is 19.8. The number of nitrogens with two attached hydrogens (primary N) is 1. The van der Waals surface area contributed by atoms with E-state index in [-0.39, 0.29) is 24.4 Å². The lowest BCUT2D eigenvalue weighted by Crippen LogP contribution is -2.44. The topological polar surface area (TPSA) is 73.6 Å². The Kier molecular flexibility index (Phi) is 8.65. The van der Waals surface area contributed by atoms with E-state index in [4.69, 9.17) is 15.2 Å². The molecule has 1 aliphatic carbocycles. The van der Waals surface area contributed by atoms with Crippen molar-refractivity contribution in [2.45, 2.75) is 31.7 Å². The van der Waals surface area contributed by atoms with Gasteiger partial charge in [0.15, 0.2) is 11.5 Å². The zero-order chi connectivity index (χ0) is 16.7. The Morgan fingerprint density at radius 3 is 2.79 bits per heavy atom. The van der Waals surface area contributed by atoms with Crippen LogP contribution in [0.2, 0.25) is 0 Å². The van der Waals surface area contributed by atoms with Crippen molar-refractivity contribution >= 4 is 18.3 Å². The number of rotatable bonds is 7. The van der Waals surface area contributed by atoms with E-state index in [9.17, 15) is 4.79 Å². The van der Waals surface area contributed by atoms with E-state index in [0.29, 0.717) is 36.1 Å². The molecular weight excluding hydrogens is 328 g/mol. The number of hydrogen-bond donors (Lipinski definition) is 2. The van der Waals surface area contributed by atoms with Crippen LogP contribution in [0.15, 0.2) is 30.9 Å². The van der Waals surface area contributed by atoms with Crippen LogP contribution < -0.4 is 20.5 Å². The molecule has 24 heavy (non-hydrogen) atoms. The smallest absolute Gasteiger partial charge is 0.251 e. The number of ether oxygens (including phenoxy) is 2. The molecule has 2 atom stereocenters. The van der Waals surface area contributed by atoms with Crippen LogP contribution in [0.3, 0.4) is 0 Å². The molecule has 0 saturated heterocycles. The van der Waals surface area contributed by atoms with Crippen molar-refractivity contribution in [3.8, 4) is 11.5 Å². The van der Waals surface area contributed by atoms with Crippen LogP contribution in [0.5, 0.6) is 11.5 Å². The zero-order valence-corrected chi connectivity index (χ0v) is 14.9. The summed E-state index contributed by atoms with van der Waals surface area (Å²) in [7, 11) is 1.56. The Morgan fingerprint density at radius 2 is 2.12 bits per heavy atom. The minimum Gasteiger partial charge on any atom is -0.493 e. The number of halogens is 1. The first-order chi connectivity index (χ1) is 11.2. The van der Waals surface area contributed by atoms with Gasteiger partial charge in [-0.2, -0.15) is 0 Å². The number of carbonyl (C=O) groups excluding carboxylic acids is 1. The van der Waals surface area contributed by atoms with E-state index in [1.54, 1.807) is 31.4 Å². The fraction of sp³-hybridized carbons (Fsp3) is 0.500. The van der Waals surface area contributed by atoms with Gasteiger partial charge in [-0.05, 0) is 43.5 Å². The Labute approximate surface area is 150 Å². The summed E-state index contributed by atoms with van der Waals surface area (Å²) < 4.78 is 10.8. The molecule has 1 aromatic carbocycles. The summed E-state index contributed by atoms with van der Waals surface area (Å²) >= 11 is 0. The number of nitrogens with one attached hydrogen (secondary N) is 1. The van der Waals surface area contributed by atoms with Gasteiger partial charge in [-0.25, -0.2) is 0 Å². The predicted octanol–water partition coefficient (Wildman–Crippen LogP) is 2.93. The van der Waals surface area contributed by atoms with Gasteiger partial charge in [0, 0.05) is 11.6 Å². The first-order valence-corrected chi connectivity index (χ1v) is 8.12. The summed E-state index contributed by atoms with van der Waals surface area (Å²) in [4.78, 5) is 12.5. The molecule has 1 aliphatic rings. The Balaban J connectivity index is 0.00000288. The number of amides is 1. The maximum atomic E-state index is 12.5. The SMILES string of the molecule is C=CCOc1ccc(C(=O)NC2CCCCC2CN)cc1OC.Cl. The van der Waals surface area contributed by atoms with Gasteiger partial charge < -0.3 is 20.5 Å². The minimum absolute atomic E-state index is 0. The average molecular weight is 355 g/mol. The van der Waals surface area contributed by atoms with E-state index in [0.717, 1.165) is 19.3 Å². The summed E-state index contributed by atoms with van der Waals surface area (Å²) in [6.45, 7) is 4.62. The molecule has 0 radical (unpaired) electrons. The van der Waals surface area contributed by atoms with Gasteiger partial charge >= 0.3 is 0 Å². The molecule has 5 nitrogen and oxygen atoms in total. The number of carbonyl (C=O) groups is 1. The molecule has 1 aromatic rings. The molecule has 0 aromatic heterocycles. The first-order valence-electron chi connectivity index (χ1n) is 8.12. The highest BCUT2D eigenvalue weighted by molar-refractivity contribution is 5.95. The molecule has 2 unspecified atom stereocenters. The third-order valence-electron chi connectivity index (χ3n) is 4.31. The van der Waals surface area contributed by atoms with Crippen LogP contribution in [0, 0.1) is 5.92 Å². The molecule has 1 saturated carbocycles. The molecule has 3 N–H and O–H groups in total. The van der Waals surface area contributed by atoms with Crippen molar-refractivity contribution in [2.75, 3.05) is 20.3 Å². The van der Waals surface area contributed by atoms with Crippen molar-refractivity contribution in [1.29, 1.82) is 0 Å². The van der Waals surface area contributed by atoms with E-state index in [1.807, 2.05) is 0 Å². The summed E-state index contributed by atoms with van der Waals surface area (Å²) in [6.07, 6.45) is 6.07. The fourth-order valence-corrected chi connectivity index (χ4v) is 3.01. The molecule has 6 heteroatoms. The lowest BCUT2D eigenvalue weighted by Gasteiger charge is -2.31. The Morgan fingerprint density at radius 1 is 1.38 bits per heavy atom. The predicted molar refractivity (Wildman–Crippen MR) is 98.2 cm³/mol. The number of hydrogen-bond acceptors (Lipinski definition) is 4. The lowest BCUT2D eigenvalue weighted by molar-refractivity contribution is 0.0907. The third-order valence-corrected chi connectivity index (χ3v) is 4.31.